The number of carbonyl (C=O) groups is 1. The molecule has 0 aromatic heterocycles. The van der Waals surface area contributed by atoms with Crippen LogP contribution in [0.3, 0.4) is 0 Å². The first-order valence-electron chi connectivity index (χ1n) is 7.33. The second kappa shape index (κ2) is 6.40. The van der Waals surface area contributed by atoms with Gasteiger partial charge in [0, 0.05) is 17.3 Å². The predicted octanol–water partition coefficient (Wildman–Crippen LogP) is 3.52. The summed E-state index contributed by atoms with van der Waals surface area (Å²) in [5.41, 5.74) is 0.0798. The molecule has 20 heavy (non-hydrogen) atoms. The van der Waals surface area contributed by atoms with Crippen molar-refractivity contribution in [3.05, 3.63) is 0 Å². The standard InChI is InChI=1S/C15H30NO2SSi/c1-14(2,3)10(9-18-20(7)8)11-12(17)16-13(11)19-15(4,5)6/h10-11,13H,9H2,1-8H3,(H,16,17)/t10-,11+,13-/m1/s1. The first kappa shape index (κ1) is 18.0. The summed E-state index contributed by atoms with van der Waals surface area (Å²) in [5, 5.41) is 3.29. The number of rotatable bonds is 5. The zero-order chi connectivity index (χ0) is 15.7. The molecule has 117 valence electrons. The summed E-state index contributed by atoms with van der Waals surface area (Å²) in [4.78, 5) is 12.1. The molecule has 0 saturated carbocycles. The Kier molecular flexibility index (Phi) is 5.78. The van der Waals surface area contributed by atoms with Gasteiger partial charge in [-0.3, -0.25) is 4.79 Å². The van der Waals surface area contributed by atoms with Crippen molar-refractivity contribution in [2.75, 3.05) is 6.61 Å². The van der Waals surface area contributed by atoms with E-state index < -0.39 is 9.04 Å². The van der Waals surface area contributed by atoms with Gasteiger partial charge in [0.2, 0.25) is 14.9 Å². The zero-order valence-corrected chi connectivity index (χ0v) is 16.0. The minimum absolute atomic E-state index is 0.0700. The number of nitrogens with one attached hydrogen (secondary N) is 1. The van der Waals surface area contributed by atoms with Crippen molar-refractivity contribution in [1.29, 1.82) is 0 Å². The Morgan fingerprint density at radius 1 is 1.25 bits per heavy atom. The highest BCUT2D eigenvalue weighted by Gasteiger charge is 2.49. The maximum Gasteiger partial charge on any atom is 0.227 e. The fourth-order valence-corrected chi connectivity index (χ4v) is 4.30. The molecule has 1 aliphatic rings. The van der Waals surface area contributed by atoms with Gasteiger partial charge in [-0.05, 0) is 18.5 Å². The van der Waals surface area contributed by atoms with Crippen LogP contribution in [-0.4, -0.2) is 31.7 Å². The third kappa shape index (κ3) is 5.08. The van der Waals surface area contributed by atoms with Crippen LogP contribution in [0.5, 0.6) is 0 Å². The largest absolute Gasteiger partial charge is 0.417 e. The van der Waals surface area contributed by atoms with Gasteiger partial charge in [-0.2, -0.15) is 0 Å². The molecule has 1 rings (SSSR count). The summed E-state index contributed by atoms with van der Waals surface area (Å²) in [6, 6.07) is 0. The van der Waals surface area contributed by atoms with Gasteiger partial charge in [0.25, 0.3) is 0 Å². The summed E-state index contributed by atoms with van der Waals surface area (Å²) in [5.74, 6) is 0.535. The Hall–Kier alpha value is -0.00312. The molecule has 3 atom stereocenters. The minimum atomic E-state index is -0.714. The molecule has 0 unspecified atom stereocenters. The van der Waals surface area contributed by atoms with Crippen LogP contribution in [-0.2, 0) is 9.22 Å². The van der Waals surface area contributed by atoms with Gasteiger partial charge in [0.05, 0.1) is 11.3 Å². The average molecular weight is 317 g/mol. The molecule has 1 saturated heterocycles. The lowest BCUT2D eigenvalue weighted by molar-refractivity contribution is -0.138. The highest BCUT2D eigenvalue weighted by atomic mass is 32.2. The van der Waals surface area contributed by atoms with Crippen molar-refractivity contribution in [2.45, 2.75) is 64.8 Å². The van der Waals surface area contributed by atoms with Gasteiger partial charge in [0.1, 0.15) is 0 Å². The molecule has 0 aromatic rings. The van der Waals surface area contributed by atoms with Crippen LogP contribution < -0.4 is 5.32 Å². The molecule has 3 nitrogen and oxygen atoms in total. The van der Waals surface area contributed by atoms with Crippen LogP contribution in [0.1, 0.15) is 41.5 Å². The molecular formula is C15H30NO2SSi. The number of thioether (sulfide) groups is 1. The summed E-state index contributed by atoms with van der Waals surface area (Å²) >= 11 is 1.85. The van der Waals surface area contributed by atoms with Crippen LogP contribution >= 0.6 is 11.8 Å². The normalized spacial score (nSPS) is 25.4. The molecule has 0 aromatic carbocycles. The van der Waals surface area contributed by atoms with Gasteiger partial charge in [0.15, 0.2) is 0 Å². The molecule has 0 spiro atoms. The first-order chi connectivity index (χ1) is 8.92. The Labute approximate surface area is 130 Å². The fraction of sp³-hybridized carbons (Fsp3) is 0.933. The summed E-state index contributed by atoms with van der Waals surface area (Å²) < 4.78 is 6.08. The van der Waals surface area contributed by atoms with E-state index in [0.29, 0.717) is 6.61 Å². The van der Waals surface area contributed by atoms with Gasteiger partial charge < -0.3 is 9.74 Å². The van der Waals surface area contributed by atoms with E-state index in [1.54, 1.807) is 0 Å². The number of hydrogen-bond acceptors (Lipinski definition) is 3. The Bertz CT molecular complexity index is 347. The van der Waals surface area contributed by atoms with Crippen LogP contribution in [0.15, 0.2) is 0 Å². The van der Waals surface area contributed by atoms with Gasteiger partial charge in [-0.25, -0.2) is 0 Å². The lowest BCUT2D eigenvalue weighted by Gasteiger charge is -2.47. The lowest BCUT2D eigenvalue weighted by atomic mass is 9.71. The summed E-state index contributed by atoms with van der Waals surface area (Å²) in [7, 11) is -0.714. The molecule has 1 amide bonds. The number of carbonyl (C=O) groups excluding carboxylic acids is 1. The zero-order valence-electron chi connectivity index (χ0n) is 14.2. The molecular weight excluding hydrogens is 286 g/mol. The van der Waals surface area contributed by atoms with Crippen molar-refractivity contribution >= 4 is 26.7 Å². The smallest absolute Gasteiger partial charge is 0.227 e. The van der Waals surface area contributed by atoms with Gasteiger partial charge in [-0.15, -0.1) is 11.8 Å². The molecule has 1 N–H and O–H groups in total. The van der Waals surface area contributed by atoms with Gasteiger partial charge in [-0.1, -0.05) is 41.5 Å². The summed E-state index contributed by atoms with van der Waals surface area (Å²) in [6.45, 7) is 18.2. The molecule has 1 fully saturated rings. The second-order valence-electron chi connectivity index (χ2n) is 7.88. The summed E-state index contributed by atoms with van der Waals surface area (Å²) in [6.07, 6.45) is 0. The number of amides is 1. The maximum atomic E-state index is 12.1. The fourth-order valence-electron chi connectivity index (χ4n) is 2.39. The quantitative estimate of drug-likeness (QED) is 0.623. The second-order valence-corrected chi connectivity index (χ2v) is 12.0. The topological polar surface area (TPSA) is 38.3 Å². The van der Waals surface area contributed by atoms with Crippen LogP contribution in [0.4, 0.5) is 0 Å². The monoisotopic (exact) mass is 316 g/mol. The highest BCUT2D eigenvalue weighted by molar-refractivity contribution is 8.01. The van der Waals surface area contributed by atoms with E-state index in [-0.39, 0.29) is 33.3 Å². The third-order valence-electron chi connectivity index (χ3n) is 3.49. The van der Waals surface area contributed by atoms with Crippen LogP contribution in [0, 0.1) is 17.3 Å². The molecule has 5 heteroatoms. The molecule has 0 aliphatic carbocycles. The Morgan fingerprint density at radius 2 is 1.80 bits per heavy atom. The average Bonchev–Trinajstić information content (AvgIpc) is 2.19. The Morgan fingerprint density at radius 3 is 2.15 bits per heavy atom. The van der Waals surface area contributed by atoms with E-state index in [1.807, 2.05) is 11.8 Å². The molecule has 1 heterocycles. The number of hydrogen-bond donors (Lipinski definition) is 1. The minimum Gasteiger partial charge on any atom is -0.417 e. The van der Waals surface area contributed by atoms with Crippen molar-refractivity contribution < 1.29 is 9.22 Å². The van der Waals surface area contributed by atoms with Crippen molar-refractivity contribution in [3.8, 4) is 0 Å². The van der Waals surface area contributed by atoms with E-state index in [4.69, 9.17) is 4.43 Å². The van der Waals surface area contributed by atoms with E-state index >= 15 is 0 Å². The third-order valence-corrected chi connectivity index (χ3v) is 5.61. The maximum absolute atomic E-state index is 12.1. The van der Waals surface area contributed by atoms with Crippen LogP contribution in [0.25, 0.3) is 0 Å². The Balaban J connectivity index is 2.80. The van der Waals surface area contributed by atoms with E-state index in [2.05, 4.69) is 60.0 Å². The van der Waals surface area contributed by atoms with E-state index in [0.717, 1.165) is 0 Å². The highest BCUT2D eigenvalue weighted by Crippen LogP contribution is 2.44. The van der Waals surface area contributed by atoms with Crippen LogP contribution in [0.2, 0.25) is 13.1 Å². The SMILES string of the molecule is C[Si](C)OC[C@H]([C@H]1C(=O)N[C@@H]1SC(C)(C)C)C(C)(C)C. The predicted molar refractivity (Wildman–Crippen MR) is 89.1 cm³/mol. The van der Waals surface area contributed by atoms with E-state index in [9.17, 15) is 4.79 Å². The van der Waals surface area contributed by atoms with Crippen molar-refractivity contribution in [3.63, 3.8) is 0 Å². The number of β-lactam (4-membered cyclic amide) rings is 1. The lowest BCUT2D eigenvalue weighted by Crippen LogP contribution is -2.62. The molecule has 0 bridgehead atoms. The van der Waals surface area contributed by atoms with E-state index in [1.165, 1.54) is 0 Å². The van der Waals surface area contributed by atoms with Gasteiger partial charge >= 0.3 is 0 Å². The van der Waals surface area contributed by atoms with Crippen molar-refractivity contribution in [1.82, 2.24) is 5.32 Å². The first-order valence-corrected chi connectivity index (χ1v) is 10.6. The molecule has 1 radical (unpaired) electrons. The molecule has 1 aliphatic heterocycles. The van der Waals surface area contributed by atoms with Crippen molar-refractivity contribution in [2.24, 2.45) is 17.3 Å².